The van der Waals surface area contributed by atoms with Crippen LogP contribution in [0.5, 0.6) is 5.75 Å². The molecule has 1 aromatic heterocycles. The predicted octanol–water partition coefficient (Wildman–Crippen LogP) is 4.29. The lowest BCUT2D eigenvalue weighted by Gasteiger charge is -2.13. The van der Waals surface area contributed by atoms with Crippen LogP contribution >= 0.6 is 0 Å². The second-order valence-electron chi connectivity index (χ2n) is 7.00. The van der Waals surface area contributed by atoms with Crippen LogP contribution in [0.15, 0.2) is 54.7 Å². The van der Waals surface area contributed by atoms with E-state index in [0.717, 1.165) is 6.20 Å². The molecular weight excluding hydrogens is 455 g/mol. The quantitative estimate of drug-likeness (QED) is 0.386. The SMILES string of the molecule is CCOC(=O)c1cnn(-c2ccc(NC(=O)COc3cccc(C(C)=O)c3)cc2)c1C(F)(F)F. The monoisotopic (exact) mass is 475 g/mol. The van der Waals surface area contributed by atoms with Crippen molar-refractivity contribution in [3.8, 4) is 11.4 Å². The number of carbonyl (C=O) groups excluding carboxylic acids is 3. The summed E-state index contributed by atoms with van der Waals surface area (Å²) in [6, 6.07) is 11.7. The summed E-state index contributed by atoms with van der Waals surface area (Å²) in [5.41, 5.74) is -1.18. The number of amides is 1. The summed E-state index contributed by atoms with van der Waals surface area (Å²) in [7, 11) is 0. The first-order chi connectivity index (χ1) is 16.1. The first-order valence-electron chi connectivity index (χ1n) is 10.1. The Morgan fingerprint density at radius 1 is 1.09 bits per heavy atom. The largest absolute Gasteiger partial charge is 0.484 e. The Morgan fingerprint density at radius 3 is 2.41 bits per heavy atom. The van der Waals surface area contributed by atoms with Crippen LogP contribution in [0.3, 0.4) is 0 Å². The van der Waals surface area contributed by atoms with E-state index in [4.69, 9.17) is 4.74 Å². The molecule has 178 valence electrons. The fourth-order valence-corrected chi connectivity index (χ4v) is 3.01. The van der Waals surface area contributed by atoms with Gasteiger partial charge in [0.25, 0.3) is 5.91 Å². The van der Waals surface area contributed by atoms with Gasteiger partial charge in [-0.25, -0.2) is 9.48 Å². The van der Waals surface area contributed by atoms with Crippen LogP contribution < -0.4 is 10.1 Å². The van der Waals surface area contributed by atoms with Crippen molar-refractivity contribution < 1.29 is 37.0 Å². The normalized spacial score (nSPS) is 11.1. The van der Waals surface area contributed by atoms with Crippen molar-refractivity contribution in [1.82, 2.24) is 9.78 Å². The predicted molar refractivity (Wildman–Crippen MR) is 115 cm³/mol. The summed E-state index contributed by atoms with van der Waals surface area (Å²) < 4.78 is 51.5. The second kappa shape index (κ2) is 10.2. The average Bonchev–Trinajstić information content (AvgIpc) is 3.25. The number of benzene rings is 2. The topological polar surface area (TPSA) is 99.5 Å². The van der Waals surface area contributed by atoms with Crippen molar-refractivity contribution in [2.24, 2.45) is 0 Å². The van der Waals surface area contributed by atoms with E-state index in [9.17, 15) is 27.6 Å². The van der Waals surface area contributed by atoms with Crippen molar-refractivity contribution in [1.29, 1.82) is 0 Å². The fraction of sp³-hybridized carbons (Fsp3) is 0.217. The number of carbonyl (C=O) groups is 3. The Kier molecular flexibility index (Phi) is 7.34. The molecule has 0 saturated heterocycles. The van der Waals surface area contributed by atoms with Gasteiger partial charge in [0.1, 0.15) is 11.3 Å². The van der Waals surface area contributed by atoms with Crippen LogP contribution in [0.1, 0.15) is 40.3 Å². The molecule has 34 heavy (non-hydrogen) atoms. The van der Waals surface area contributed by atoms with Gasteiger partial charge in [-0.3, -0.25) is 9.59 Å². The zero-order chi connectivity index (χ0) is 24.9. The molecule has 0 aliphatic rings. The van der Waals surface area contributed by atoms with Gasteiger partial charge < -0.3 is 14.8 Å². The number of hydrogen-bond acceptors (Lipinski definition) is 6. The number of anilines is 1. The molecule has 0 saturated carbocycles. The lowest BCUT2D eigenvalue weighted by atomic mass is 10.1. The van der Waals surface area contributed by atoms with E-state index in [2.05, 4.69) is 15.2 Å². The number of ketones is 1. The maximum atomic E-state index is 13.6. The number of rotatable bonds is 8. The highest BCUT2D eigenvalue weighted by Crippen LogP contribution is 2.34. The van der Waals surface area contributed by atoms with Gasteiger partial charge in [-0.15, -0.1) is 0 Å². The van der Waals surface area contributed by atoms with Crippen LogP contribution in [0.4, 0.5) is 18.9 Å². The highest BCUT2D eigenvalue weighted by Gasteiger charge is 2.41. The minimum atomic E-state index is -4.86. The first kappa shape index (κ1) is 24.5. The number of hydrogen-bond donors (Lipinski definition) is 1. The molecule has 3 aromatic rings. The van der Waals surface area contributed by atoms with Crippen molar-refractivity contribution in [2.75, 3.05) is 18.5 Å². The van der Waals surface area contributed by atoms with Crippen molar-refractivity contribution >= 4 is 23.3 Å². The van der Waals surface area contributed by atoms with Gasteiger partial charge >= 0.3 is 12.1 Å². The van der Waals surface area contributed by atoms with Crippen LogP contribution in [-0.4, -0.2) is 40.7 Å². The highest BCUT2D eigenvalue weighted by atomic mass is 19.4. The molecule has 2 aromatic carbocycles. The molecule has 0 bridgehead atoms. The number of esters is 1. The van der Waals surface area contributed by atoms with Crippen LogP contribution in [0, 0.1) is 0 Å². The Morgan fingerprint density at radius 2 is 1.79 bits per heavy atom. The molecule has 0 aliphatic carbocycles. The molecule has 11 heteroatoms. The summed E-state index contributed by atoms with van der Waals surface area (Å²) in [6.07, 6.45) is -4.06. The van der Waals surface area contributed by atoms with Gasteiger partial charge in [0.2, 0.25) is 0 Å². The molecule has 8 nitrogen and oxygen atoms in total. The van der Waals surface area contributed by atoms with Gasteiger partial charge in [0.05, 0.1) is 18.5 Å². The smallest absolute Gasteiger partial charge is 0.434 e. The zero-order valence-electron chi connectivity index (χ0n) is 18.2. The second-order valence-corrected chi connectivity index (χ2v) is 7.00. The van der Waals surface area contributed by atoms with E-state index in [1.165, 1.54) is 44.2 Å². The van der Waals surface area contributed by atoms with Crippen molar-refractivity contribution in [3.05, 3.63) is 71.5 Å². The van der Waals surface area contributed by atoms with Crippen LogP contribution in [0.25, 0.3) is 5.69 Å². The Hall–Kier alpha value is -4.15. The van der Waals surface area contributed by atoms with Crippen molar-refractivity contribution in [2.45, 2.75) is 20.0 Å². The number of ether oxygens (including phenoxy) is 2. The standard InChI is InChI=1S/C23H20F3N3O5/c1-3-33-22(32)19-12-27-29(21(19)23(24,25)26)17-9-7-16(8-10-17)28-20(31)13-34-18-6-4-5-15(11-18)14(2)30/h4-12H,3,13H2,1-2H3,(H,28,31). The Bertz CT molecular complexity index is 1200. The Balaban J connectivity index is 1.71. The number of nitrogens with zero attached hydrogens (tertiary/aromatic N) is 2. The summed E-state index contributed by atoms with van der Waals surface area (Å²) in [4.78, 5) is 35.5. The first-order valence-corrected chi connectivity index (χ1v) is 10.1. The number of nitrogens with one attached hydrogen (secondary N) is 1. The molecule has 1 heterocycles. The third-order valence-corrected chi connectivity index (χ3v) is 4.54. The molecule has 1 amide bonds. The summed E-state index contributed by atoms with van der Waals surface area (Å²) in [6.45, 7) is 2.47. The zero-order valence-corrected chi connectivity index (χ0v) is 18.2. The number of aromatic nitrogens is 2. The third-order valence-electron chi connectivity index (χ3n) is 4.54. The van der Waals surface area contributed by atoms with Crippen LogP contribution in [-0.2, 0) is 15.7 Å². The minimum absolute atomic E-state index is 0.0261. The fourth-order valence-electron chi connectivity index (χ4n) is 3.01. The van der Waals surface area contributed by atoms with E-state index in [0.29, 0.717) is 21.7 Å². The third kappa shape index (κ3) is 5.80. The lowest BCUT2D eigenvalue weighted by molar-refractivity contribution is -0.143. The van der Waals surface area contributed by atoms with Gasteiger partial charge in [-0.05, 0) is 50.2 Å². The molecule has 1 N–H and O–H groups in total. The molecular formula is C23H20F3N3O5. The van der Waals surface area contributed by atoms with Gasteiger partial charge in [0, 0.05) is 11.3 Å². The molecule has 0 aliphatic heterocycles. The molecule has 0 spiro atoms. The molecule has 0 fully saturated rings. The minimum Gasteiger partial charge on any atom is -0.484 e. The summed E-state index contributed by atoms with van der Waals surface area (Å²) in [5, 5.41) is 6.25. The van der Waals surface area contributed by atoms with Crippen LogP contribution in [0.2, 0.25) is 0 Å². The van der Waals surface area contributed by atoms with E-state index in [1.54, 1.807) is 18.2 Å². The van der Waals surface area contributed by atoms with E-state index in [1.807, 2.05) is 0 Å². The van der Waals surface area contributed by atoms with E-state index in [-0.39, 0.29) is 24.7 Å². The van der Waals surface area contributed by atoms with Gasteiger partial charge in [0.15, 0.2) is 18.1 Å². The summed E-state index contributed by atoms with van der Waals surface area (Å²) >= 11 is 0. The molecule has 0 radical (unpaired) electrons. The average molecular weight is 475 g/mol. The van der Waals surface area contributed by atoms with E-state index < -0.39 is 29.3 Å². The maximum Gasteiger partial charge on any atom is 0.434 e. The van der Waals surface area contributed by atoms with Gasteiger partial charge in [-0.1, -0.05) is 12.1 Å². The summed E-state index contributed by atoms with van der Waals surface area (Å²) in [5.74, 6) is -1.44. The highest BCUT2D eigenvalue weighted by molar-refractivity contribution is 5.94. The number of halogens is 3. The number of alkyl halides is 3. The molecule has 0 atom stereocenters. The molecule has 3 rings (SSSR count). The lowest BCUT2D eigenvalue weighted by Crippen LogP contribution is -2.20. The van der Waals surface area contributed by atoms with Crippen molar-refractivity contribution in [3.63, 3.8) is 0 Å². The molecule has 0 unspecified atom stereocenters. The van der Waals surface area contributed by atoms with Gasteiger partial charge in [-0.2, -0.15) is 18.3 Å². The maximum absolute atomic E-state index is 13.6. The number of Topliss-reactive ketones (excluding diaryl/α,β-unsaturated/α-hetero) is 1. The van der Waals surface area contributed by atoms with E-state index >= 15 is 0 Å². The Labute approximate surface area is 192 Å².